The molecule has 0 saturated carbocycles. The number of aliphatic hydroxyl groups excluding tert-OH is 2. The highest BCUT2D eigenvalue weighted by molar-refractivity contribution is 5.74. The average Bonchev–Trinajstić information content (AvgIpc) is 2.83. The SMILES string of the molecule is CC/C=C\C/C=C\C/C=C\C/C=C\C/C=C\CCCC(=O)OC1C(OCC(COC(=O)CCCCCCCC/C=C\C/C=C\C/C=C\C/C=C\CC)OC(=O)CCCCCCCC/C=C\C/C=C\C/C=C\CCCCC)OC(C(=O)O)C(O)C1O. The van der Waals surface area contributed by atoms with Gasteiger partial charge in [-0.1, -0.05) is 231 Å². The molecule has 1 fully saturated rings. The maximum Gasteiger partial charge on any atom is 0.335 e. The van der Waals surface area contributed by atoms with Crippen molar-refractivity contribution in [1.82, 2.24) is 0 Å². The van der Waals surface area contributed by atoms with E-state index in [1.165, 1.54) is 25.7 Å². The van der Waals surface area contributed by atoms with Gasteiger partial charge in [0.05, 0.1) is 6.61 Å². The fourth-order valence-corrected chi connectivity index (χ4v) is 8.93. The Morgan fingerprint density at radius 1 is 0.400 bits per heavy atom. The van der Waals surface area contributed by atoms with Gasteiger partial charge in [0.25, 0.3) is 0 Å². The molecule has 3 N–H and O–H groups in total. The molecular formula is C73H114O12. The van der Waals surface area contributed by atoms with Crippen LogP contribution >= 0.6 is 0 Å². The number of hydrogen-bond donors (Lipinski definition) is 3. The van der Waals surface area contributed by atoms with Gasteiger partial charge in [0, 0.05) is 19.3 Å². The fourth-order valence-electron chi connectivity index (χ4n) is 8.93. The second-order valence-electron chi connectivity index (χ2n) is 21.6. The zero-order valence-corrected chi connectivity index (χ0v) is 52.8. The van der Waals surface area contributed by atoms with Crippen molar-refractivity contribution in [3.8, 4) is 0 Å². The summed E-state index contributed by atoms with van der Waals surface area (Å²) in [4.78, 5) is 51.4. The van der Waals surface area contributed by atoms with Gasteiger partial charge in [0.2, 0.25) is 0 Å². The van der Waals surface area contributed by atoms with Gasteiger partial charge in [-0.15, -0.1) is 0 Å². The van der Waals surface area contributed by atoms with Crippen LogP contribution in [0.2, 0.25) is 0 Å². The van der Waals surface area contributed by atoms with E-state index in [0.717, 1.165) is 148 Å². The van der Waals surface area contributed by atoms with Crippen molar-refractivity contribution in [1.29, 1.82) is 0 Å². The van der Waals surface area contributed by atoms with Crippen molar-refractivity contribution in [2.75, 3.05) is 13.2 Å². The van der Waals surface area contributed by atoms with Crippen LogP contribution in [0.5, 0.6) is 0 Å². The molecule has 1 saturated heterocycles. The first-order valence-corrected chi connectivity index (χ1v) is 32.8. The molecular weight excluding hydrogens is 1070 g/mol. The molecule has 0 spiro atoms. The first kappa shape index (κ1) is 77.6. The van der Waals surface area contributed by atoms with Gasteiger partial charge < -0.3 is 39.0 Å². The number of unbranched alkanes of at least 4 members (excludes halogenated alkanes) is 16. The number of ether oxygens (including phenoxy) is 5. The van der Waals surface area contributed by atoms with Crippen LogP contribution in [0.4, 0.5) is 0 Å². The van der Waals surface area contributed by atoms with Crippen LogP contribution in [0.1, 0.15) is 239 Å². The zero-order valence-electron chi connectivity index (χ0n) is 52.8. The Labute approximate surface area is 514 Å². The van der Waals surface area contributed by atoms with Gasteiger partial charge in [-0.3, -0.25) is 14.4 Å². The maximum atomic E-state index is 13.2. The minimum absolute atomic E-state index is 0.0289. The van der Waals surface area contributed by atoms with Crippen molar-refractivity contribution in [3.63, 3.8) is 0 Å². The first-order chi connectivity index (χ1) is 41.6. The second kappa shape index (κ2) is 59.0. The summed E-state index contributed by atoms with van der Waals surface area (Å²) < 4.78 is 28.5. The lowest BCUT2D eigenvalue weighted by molar-refractivity contribution is -0.301. The maximum absolute atomic E-state index is 13.2. The Hall–Kier alpha value is -5.40. The molecule has 0 bridgehead atoms. The Morgan fingerprint density at radius 3 is 1.16 bits per heavy atom. The molecule has 478 valence electrons. The minimum Gasteiger partial charge on any atom is -0.479 e. The molecule has 1 heterocycles. The third-order valence-electron chi connectivity index (χ3n) is 13.9. The predicted molar refractivity (Wildman–Crippen MR) is 349 cm³/mol. The highest BCUT2D eigenvalue weighted by Gasteiger charge is 2.50. The van der Waals surface area contributed by atoms with Crippen LogP contribution < -0.4 is 0 Å². The summed E-state index contributed by atoms with van der Waals surface area (Å²) >= 11 is 0. The second-order valence-corrected chi connectivity index (χ2v) is 21.6. The predicted octanol–water partition coefficient (Wildman–Crippen LogP) is 17.9. The summed E-state index contributed by atoms with van der Waals surface area (Å²) in [7, 11) is 0. The highest BCUT2D eigenvalue weighted by Crippen LogP contribution is 2.26. The number of carbonyl (C=O) groups is 4. The van der Waals surface area contributed by atoms with Crippen LogP contribution in [0.15, 0.2) is 146 Å². The number of carbonyl (C=O) groups excluding carboxylic acids is 3. The Kier molecular flexibility index (Phi) is 53.8. The number of carboxylic acid groups (broad SMARTS) is 1. The van der Waals surface area contributed by atoms with Crippen molar-refractivity contribution in [2.24, 2.45) is 0 Å². The third kappa shape index (κ3) is 48.4. The number of rotatable bonds is 54. The summed E-state index contributed by atoms with van der Waals surface area (Å²) in [6.07, 6.45) is 72.3. The molecule has 85 heavy (non-hydrogen) atoms. The summed E-state index contributed by atoms with van der Waals surface area (Å²) in [6.45, 7) is 5.70. The molecule has 12 nitrogen and oxygen atoms in total. The Morgan fingerprint density at radius 2 is 0.753 bits per heavy atom. The van der Waals surface area contributed by atoms with E-state index in [1.807, 2.05) is 12.2 Å². The standard InChI is InChI=1S/C73H114O12/c1-4-7-10-13-16-19-22-25-28-31-33-36-38-41-44-47-50-53-56-59-65(74)81-62-64(83-66(75)60-57-54-51-48-45-42-40-37-34-32-29-26-23-20-17-14-11-8-5-2)63-82-73-71(69(78)68(77)70(85-73)72(79)80)84-67(76)61-58-55-52-49-46-43-39-35-30-27-24-21-18-15-12-9-6-3/h7,9-10,12,16-21,25-30,33-34,36-37,39,43,49,52,64,68-71,73,77-78H,4-6,8,11,13-15,22-24,31-32,35,38,40-42,44-48,50-51,53-63H2,1-3H3,(H,79,80)/b10-7-,12-9-,19-16-,20-17-,21-18-,28-25-,29-26-,30-27-,36-33-,37-34-,43-39-,52-49-. The Balaban J connectivity index is 2.73. The van der Waals surface area contributed by atoms with Gasteiger partial charge >= 0.3 is 23.9 Å². The third-order valence-corrected chi connectivity index (χ3v) is 13.9. The van der Waals surface area contributed by atoms with E-state index in [0.29, 0.717) is 25.7 Å². The molecule has 1 aliphatic rings. The van der Waals surface area contributed by atoms with Crippen molar-refractivity contribution < 1.29 is 58.2 Å². The quantitative estimate of drug-likeness (QED) is 0.0228. The number of allylic oxidation sites excluding steroid dienone is 24. The molecule has 0 radical (unpaired) electrons. The number of aliphatic carboxylic acids is 1. The van der Waals surface area contributed by atoms with Crippen LogP contribution in [-0.4, -0.2) is 89.2 Å². The zero-order chi connectivity index (χ0) is 61.7. The van der Waals surface area contributed by atoms with Crippen LogP contribution in [0.3, 0.4) is 0 Å². The van der Waals surface area contributed by atoms with E-state index in [4.69, 9.17) is 23.7 Å². The van der Waals surface area contributed by atoms with Crippen molar-refractivity contribution in [3.05, 3.63) is 146 Å². The number of carboxylic acids is 1. The Bertz CT molecular complexity index is 2030. The lowest BCUT2D eigenvalue weighted by atomic mass is 9.98. The van der Waals surface area contributed by atoms with Crippen LogP contribution in [0.25, 0.3) is 0 Å². The largest absolute Gasteiger partial charge is 0.479 e. The van der Waals surface area contributed by atoms with Crippen LogP contribution in [-0.2, 0) is 42.9 Å². The number of aliphatic hydroxyl groups is 2. The molecule has 1 aliphatic heterocycles. The van der Waals surface area contributed by atoms with Gasteiger partial charge in [0.1, 0.15) is 18.8 Å². The van der Waals surface area contributed by atoms with E-state index in [2.05, 4.69) is 154 Å². The average molecular weight is 1180 g/mol. The topological polar surface area (TPSA) is 175 Å². The number of hydrogen-bond acceptors (Lipinski definition) is 11. The summed E-state index contributed by atoms with van der Waals surface area (Å²) in [5.74, 6) is -3.25. The molecule has 6 unspecified atom stereocenters. The van der Waals surface area contributed by atoms with Crippen molar-refractivity contribution in [2.45, 2.75) is 276 Å². The van der Waals surface area contributed by atoms with E-state index >= 15 is 0 Å². The van der Waals surface area contributed by atoms with Crippen molar-refractivity contribution >= 4 is 23.9 Å². The number of esters is 3. The molecule has 0 aromatic carbocycles. The van der Waals surface area contributed by atoms with Gasteiger partial charge in [-0.2, -0.15) is 0 Å². The highest BCUT2D eigenvalue weighted by atomic mass is 16.7. The van der Waals surface area contributed by atoms with E-state index in [1.54, 1.807) is 0 Å². The molecule has 1 rings (SSSR count). The molecule has 6 atom stereocenters. The fraction of sp³-hybridized carbons (Fsp3) is 0.616. The van der Waals surface area contributed by atoms with E-state index in [-0.39, 0.29) is 25.9 Å². The normalized spacial score (nSPS) is 18.4. The smallest absolute Gasteiger partial charge is 0.335 e. The molecule has 0 aliphatic carbocycles. The van der Waals surface area contributed by atoms with E-state index < -0.39 is 67.3 Å². The van der Waals surface area contributed by atoms with Gasteiger partial charge in [-0.05, 0) is 135 Å². The monoisotopic (exact) mass is 1180 g/mol. The summed E-state index contributed by atoms with van der Waals surface area (Å²) in [6, 6.07) is 0. The molecule has 12 heteroatoms. The van der Waals surface area contributed by atoms with Gasteiger partial charge in [0.15, 0.2) is 24.6 Å². The van der Waals surface area contributed by atoms with Crippen LogP contribution in [0, 0.1) is 0 Å². The lowest BCUT2D eigenvalue weighted by Crippen LogP contribution is -2.61. The minimum atomic E-state index is -1.94. The summed E-state index contributed by atoms with van der Waals surface area (Å²) in [5, 5.41) is 31.6. The summed E-state index contributed by atoms with van der Waals surface area (Å²) in [5.41, 5.74) is 0. The van der Waals surface area contributed by atoms with Gasteiger partial charge in [-0.25, -0.2) is 4.79 Å². The molecule has 0 amide bonds. The molecule has 0 aromatic heterocycles. The first-order valence-electron chi connectivity index (χ1n) is 32.8. The molecule has 0 aromatic rings. The van der Waals surface area contributed by atoms with E-state index in [9.17, 15) is 34.5 Å². The lowest BCUT2D eigenvalue weighted by Gasteiger charge is -2.40.